The van der Waals surface area contributed by atoms with Gasteiger partial charge < -0.3 is 9.92 Å². The molecule has 0 bridgehead atoms. The number of aromatic nitrogens is 1. The maximum atomic E-state index is 12.4. The Kier molecular flexibility index (Phi) is 3.88. The normalized spacial score (nSPS) is 12.5. The van der Waals surface area contributed by atoms with E-state index in [1.807, 2.05) is 12.1 Å². The van der Waals surface area contributed by atoms with Crippen LogP contribution < -0.4 is 9.92 Å². The summed E-state index contributed by atoms with van der Waals surface area (Å²) >= 11 is 1.31. The van der Waals surface area contributed by atoms with Gasteiger partial charge in [0.25, 0.3) is 0 Å². The predicted molar refractivity (Wildman–Crippen MR) is 85.1 cm³/mol. The van der Waals surface area contributed by atoms with Gasteiger partial charge in [0.05, 0.1) is 15.9 Å². The van der Waals surface area contributed by atoms with Gasteiger partial charge in [-0.3, -0.25) is 0 Å². The molecule has 1 heterocycles. The van der Waals surface area contributed by atoms with E-state index in [1.54, 1.807) is 12.1 Å². The van der Waals surface area contributed by atoms with Crippen molar-refractivity contribution in [3.63, 3.8) is 0 Å². The van der Waals surface area contributed by atoms with Gasteiger partial charge in [0.1, 0.15) is 5.01 Å². The van der Waals surface area contributed by atoms with Gasteiger partial charge in [-0.1, -0.05) is 12.1 Å². The highest BCUT2D eigenvalue weighted by Crippen LogP contribution is 2.36. The Labute approximate surface area is 138 Å². The van der Waals surface area contributed by atoms with Crippen molar-refractivity contribution in [3.8, 4) is 16.3 Å². The first-order chi connectivity index (χ1) is 11.2. The van der Waals surface area contributed by atoms with E-state index in [4.69, 9.17) is 5.73 Å². The number of nitrogens with two attached hydrogens (primary N) is 1. The fraction of sp³-hybridized carbons (Fsp3) is 0.0714. The molecule has 0 atom stereocenters. The van der Waals surface area contributed by atoms with Gasteiger partial charge in [0.15, 0.2) is 5.75 Å². The van der Waals surface area contributed by atoms with Crippen molar-refractivity contribution >= 4 is 37.4 Å². The molecule has 0 aliphatic carbocycles. The molecule has 0 aliphatic heterocycles. The second kappa shape index (κ2) is 5.64. The zero-order chi connectivity index (χ0) is 17.5. The van der Waals surface area contributed by atoms with E-state index in [-0.39, 0.29) is 5.69 Å². The molecule has 0 saturated carbocycles. The number of hydrogen-bond donors (Lipinski definition) is 1. The Bertz CT molecular complexity index is 981. The number of halogens is 3. The van der Waals surface area contributed by atoms with Gasteiger partial charge in [-0.05, 0) is 30.3 Å². The van der Waals surface area contributed by atoms with Crippen LogP contribution in [0, 0.1) is 0 Å². The molecule has 10 heteroatoms. The van der Waals surface area contributed by atoms with Crippen LogP contribution >= 0.6 is 11.3 Å². The zero-order valence-corrected chi connectivity index (χ0v) is 13.4. The number of fused-ring (bicyclic) bond motifs is 1. The number of alkyl halides is 3. The molecule has 0 aliphatic rings. The van der Waals surface area contributed by atoms with Crippen molar-refractivity contribution in [1.82, 2.24) is 4.98 Å². The lowest BCUT2D eigenvalue weighted by Crippen LogP contribution is -2.28. The summed E-state index contributed by atoms with van der Waals surface area (Å²) in [6, 6.07) is 11.2. The average molecular weight is 374 g/mol. The second-order valence-corrected chi connectivity index (χ2v) is 7.29. The van der Waals surface area contributed by atoms with Crippen molar-refractivity contribution in [2.45, 2.75) is 5.51 Å². The summed E-state index contributed by atoms with van der Waals surface area (Å²) in [6.45, 7) is 0. The van der Waals surface area contributed by atoms with Gasteiger partial charge in [-0.15, -0.1) is 11.3 Å². The minimum Gasteiger partial charge on any atom is -0.396 e. The highest BCUT2D eigenvalue weighted by Gasteiger charge is 2.48. The number of para-hydroxylation sites is 1. The molecule has 0 amide bonds. The summed E-state index contributed by atoms with van der Waals surface area (Å²) in [6.07, 6.45) is 0. The minimum atomic E-state index is -5.79. The highest BCUT2D eigenvalue weighted by atomic mass is 32.2. The van der Waals surface area contributed by atoms with Gasteiger partial charge in [0.2, 0.25) is 0 Å². The van der Waals surface area contributed by atoms with Crippen LogP contribution in [0.5, 0.6) is 5.75 Å². The monoisotopic (exact) mass is 374 g/mol. The number of rotatable bonds is 3. The molecule has 5 nitrogen and oxygen atoms in total. The number of nitrogen functional groups attached to an aromatic ring is 1. The van der Waals surface area contributed by atoms with Crippen LogP contribution in [0.25, 0.3) is 20.8 Å². The molecule has 0 unspecified atom stereocenters. The summed E-state index contributed by atoms with van der Waals surface area (Å²) in [5, 5.41) is 0.505. The lowest BCUT2D eigenvalue weighted by atomic mass is 10.2. The predicted octanol–water partition coefficient (Wildman–Crippen LogP) is 3.77. The van der Waals surface area contributed by atoms with Crippen molar-refractivity contribution < 1.29 is 25.8 Å². The van der Waals surface area contributed by atoms with Gasteiger partial charge in [-0.2, -0.15) is 21.6 Å². The fourth-order valence-corrected chi connectivity index (χ4v) is 3.34. The Morgan fingerprint density at radius 3 is 2.50 bits per heavy atom. The van der Waals surface area contributed by atoms with Crippen LogP contribution in [0.3, 0.4) is 0 Å². The van der Waals surface area contributed by atoms with E-state index in [2.05, 4.69) is 9.17 Å². The third-order valence-corrected chi connectivity index (χ3v) is 5.09. The van der Waals surface area contributed by atoms with E-state index in [1.165, 1.54) is 23.5 Å². The van der Waals surface area contributed by atoms with Crippen LogP contribution in [-0.2, 0) is 10.1 Å². The van der Waals surface area contributed by atoms with Gasteiger partial charge in [0, 0.05) is 5.56 Å². The van der Waals surface area contributed by atoms with Gasteiger partial charge >= 0.3 is 15.6 Å². The van der Waals surface area contributed by atoms with Crippen LogP contribution in [0.4, 0.5) is 18.9 Å². The summed E-state index contributed by atoms with van der Waals surface area (Å²) in [4.78, 5) is 4.35. The first-order valence-corrected chi connectivity index (χ1v) is 8.66. The Balaban J connectivity index is 2.03. The minimum absolute atomic E-state index is 0.229. The molecule has 3 rings (SSSR count). The molecule has 24 heavy (non-hydrogen) atoms. The second-order valence-electron chi connectivity index (χ2n) is 4.72. The van der Waals surface area contributed by atoms with Crippen molar-refractivity contribution in [2.75, 3.05) is 5.73 Å². The standard InChI is InChI=1S/C14H9F3N2O3S2/c15-14(16,17)24(20,21)22-11-7-8(5-6-9(11)18)13-19-10-3-1-2-4-12(10)23-13/h1-7H,18H2. The quantitative estimate of drug-likeness (QED) is 0.429. The van der Waals surface area contributed by atoms with E-state index in [0.29, 0.717) is 10.6 Å². The fourth-order valence-electron chi connectivity index (χ4n) is 1.90. The first kappa shape index (κ1) is 16.5. The molecule has 0 fully saturated rings. The van der Waals surface area contributed by atoms with Crippen molar-refractivity contribution in [3.05, 3.63) is 42.5 Å². The zero-order valence-electron chi connectivity index (χ0n) is 11.7. The third kappa shape index (κ3) is 3.02. The third-order valence-electron chi connectivity index (χ3n) is 3.04. The molecule has 2 aromatic carbocycles. The smallest absolute Gasteiger partial charge is 0.396 e. The lowest BCUT2D eigenvalue weighted by Gasteiger charge is -2.11. The molecule has 0 saturated heterocycles. The topological polar surface area (TPSA) is 82.3 Å². The van der Waals surface area contributed by atoms with Crippen LogP contribution in [0.15, 0.2) is 42.5 Å². The molecular formula is C14H9F3N2O3S2. The molecule has 2 N–H and O–H groups in total. The maximum absolute atomic E-state index is 12.4. The number of benzene rings is 2. The van der Waals surface area contributed by atoms with E-state index >= 15 is 0 Å². The molecular weight excluding hydrogens is 365 g/mol. The summed E-state index contributed by atoms with van der Waals surface area (Å²) < 4.78 is 64.7. The Morgan fingerprint density at radius 1 is 1.12 bits per heavy atom. The lowest BCUT2D eigenvalue weighted by molar-refractivity contribution is -0.0499. The van der Waals surface area contributed by atoms with Crippen molar-refractivity contribution in [2.24, 2.45) is 0 Å². The maximum Gasteiger partial charge on any atom is 0.534 e. The van der Waals surface area contributed by atoms with Gasteiger partial charge in [-0.25, -0.2) is 4.98 Å². The molecule has 126 valence electrons. The summed E-state index contributed by atoms with van der Waals surface area (Å²) in [7, 11) is -5.79. The molecule has 0 radical (unpaired) electrons. The Hall–Kier alpha value is -2.33. The van der Waals surface area contributed by atoms with Crippen LogP contribution in [-0.4, -0.2) is 18.9 Å². The van der Waals surface area contributed by atoms with Crippen molar-refractivity contribution in [1.29, 1.82) is 0 Å². The number of anilines is 1. The summed E-state index contributed by atoms with van der Waals surface area (Å²) in [5.41, 5.74) is 0.877. The SMILES string of the molecule is Nc1ccc(-c2nc3ccccc3s2)cc1OS(=O)(=O)C(F)(F)F. The number of thiazole rings is 1. The first-order valence-electron chi connectivity index (χ1n) is 6.43. The number of hydrogen-bond acceptors (Lipinski definition) is 6. The van der Waals surface area contributed by atoms with E-state index in [0.717, 1.165) is 16.3 Å². The Morgan fingerprint density at radius 2 is 1.83 bits per heavy atom. The molecule has 3 aromatic rings. The molecule has 1 aromatic heterocycles. The largest absolute Gasteiger partial charge is 0.534 e. The van der Waals surface area contributed by atoms with Crippen LogP contribution in [0.1, 0.15) is 0 Å². The van der Waals surface area contributed by atoms with E-state index < -0.39 is 21.4 Å². The average Bonchev–Trinajstić information content (AvgIpc) is 2.92. The van der Waals surface area contributed by atoms with Crippen LogP contribution in [0.2, 0.25) is 0 Å². The summed E-state index contributed by atoms with van der Waals surface area (Å²) in [5.74, 6) is -0.593. The highest BCUT2D eigenvalue weighted by molar-refractivity contribution is 7.88. The number of nitrogens with zero attached hydrogens (tertiary/aromatic N) is 1. The van der Waals surface area contributed by atoms with E-state index in [9.17, 15) is 21.6 Å². The molecule has 0 spiro atoms.